The Bertz CT molecular complexity index is 268. The number of rotatable bonds is 2. The van der Waals surface area contributed by atoms with Gasteiger partial charge in [-0.2, -0.15) is 5.26 Å². The number of ether oxygens (including phenoxy) is 1. The molecule has 1 aliphatic rings. The molecule has 0 aromatic carbocycles. The molecule has 0 aliphatic heterocycles. The zero-order valence-electron chi connectivity index (χ0n) is 7.55. The van der Waals surface area contributed by atoms with Crippen LogP contribution in [0.15, 0.2) is 23.0 Å². The summed E-state index contributed by atoms with van der Waals surface area (Å²) in [4.78, 5) is 0. The van der Waals surface area contributed by atoms with E-state index in [1.165, 1.54) is 5.57 Å². The van der Waals surface area contributed by atoms with Gasteiger partial charge >= 0.3 is 0 Å². The monoisotopic (exact) mass is 163 g/mol. The molecule has 0 radical (unpaired) electrons. The Kier molecular flexibility index (Phi) is 2.93. The van der Waals surface area contributed by atoms with Crippen LogP contribution in [0.5, 0.6) is 0 Å². The van der Waals surface area contributed by atoms with Crippen molar-refractivity contribution in [3.8, 4) is 6.07 Å². The lowest BCUT2D eigenvalue weighted by atomic mass is 9.97. The summed E-state index contributed by atoms with van der Waals surface area (Å²) in [6.07, 6.45) is 4.88. The Hall–Kier alpha value is -1.23. The second-order valence-corrected chi connectivity index (χ2v) is 2.81. The van der Waals surface area contributed by atoms with E-state index in [1.807, 2.05) is 6.08 Å². The van der Waals surface area contributed by atoms with Gasteiger partial charge in [0.1, 0.15) is 11.8 Å². The van der Waals surface area contributed by atoms with Gasteiger partial charge in [0.25, 0.3) is 0 Å². The van der Waals surface area contributed by atoms with Crippen LogP contribution >= 0.6 is 0 Å². The van der Waals surface area contributed by atoms with E-state index in [1.54, 1.807) is 7.11 Å². The van der Waals surface area contributed by atoms with E-state index in [9.17, 15) is 0 Å². The minimum Gasteiger partial charge on any atom is -0.500 e. The van der Waals surface area contributed by atoms with Crippen molar-refractivity contribution in [1.82, 2.24) is 0 Å². The summed E-state index contributed by atoms with van der Waals surface area (Å²) >= 11 is 0. The van der Waals surface area contributed by atoms with Crippen LogP contribution < -0.4 is 0 Å². The predicted octanol–water partition coefficient (Wildman–Crippen LogP) is 2.54. The van der Waals surface area contributed by atoms with E-state index in [2.05, 4.69) is 13.0 Å². The molecule has 0 saturated heterocycles. The Labute approximate surface area is 73.1 Å². The number of methoxy groups -OCH3 is 1. The van der Waals surface area contributed by atoms with E-state index < -0.39 is 0 Å². The van der Waals surface area contributed by atoms with Crippen molar-refractivity contribution in [3.05, 3.63) is 23.0 Å². The molecule has 0 amide bonds. The average Bonchev–Trinajstić information content (AvgIpc) is 2.16. The molecule has 12 heavy (non-hydrogen) atoms. The van der Waals surface area contributed by atoms with Gasteiger partial charge in [-0.1, -0.05) is 12.5 Å². The Morgan fingerprint density at radius 1 is 1.58 bits per heavy atom. The molecule has 0 bridgehead atoms. The van der Waals surface area contributed by atoms with Crippen molar-refractivity contribution in [2.75, 3.05) is 7.11 Å². The predicted molar refractivity (Wildman–Crippen MR) is 47.3 cm³/mol. The van der Waals surface area contributed by atoms with Gasteiger partial charge in [0.2, 0.25) is 0 Å². The molecule has 1 aliphatic carbocycles. The van der Waals surface area contributed by atoms with E-state index >= 15 is 0 Å². The van der Waals surface area contributed by atoms with Crippen LogP contribution in [0, 0.1) is 11.3 Å². The Morgan fingerprint density at radius 3 is 2.83 bits per heavy atom. The smallest absolute Gasteiger partial charge is 0.114 e. The molecule has 0 fully saturated rings. The lowest BCUT2D eigenvalue weighted by molar-refractivity contribution is 0.273. The number of hydrogen-bond donors (Lipinski definition) is 0. The van der Waals surface area contributed by atoms with Gasteiger partial charge in [0.05, 0.1) is 12.7 Å². The summed E-state index contributed by atoms with van der Waals surface area (Å²) in [5.41, 5.74) is 2.04. The van der Waals surface area contributed by atoms with Crippen molar-refractivity contribution < 1.29 is 4.74 Å². The molecule has 0 aromatic rings. The lowest BCUT2D eigenvalue weighted by Crippen LogP contribution is -1.99. The molecule has 2 heteroatoms. The number of allylic oxidation sites excluding steroid dienone is 4. The third-order valence-corrected chi connectivity index (χ3v) is 2.14. The van der Waals surface area contributed by atoms with E-state index in [0.717, 1.165) is 25.0 Å². The minimum atomic E-state index is 0.695. The van der Waals surface area contributed by atoms with Crippen molar-refractivity contribution in [3.63, 3.8) is 0 Å². The molecule has 0 aromatic heterocycles. The standard InChI is InChI=1S/C10H13NO/c1-3-8-4-5-10(12-2)9(6-8)7-11/h6H,3-5H2,1-2H3. The second kappa shape index (κ2) is 3.96. The summed E-state index contributed by atoms with van der Waals surface area (Å²) in [6.45, 7) is 2.11. The molecule has 2 nitrogen and oxygen atoms in total. The number of nitriles is 1. The maximum Gasteiger partial charge on any atom is 0.114 e. The molecule has 0 unspecified atom stereocenters. The molecule has 0 saturated carbocycles. The SMILES string of the molecule is CCC1=CC(C#N)=C(OC)CC1. The zero-order chi connectivity index (χ0) is 8.97. The molecule has 64 valence electrons. The average molecular weight is 163 g/mol. The largest absolute Gasteiger partial charge is 0.500 e. The molecule has 1 rings (SSSR count). The molecule has 0 spiro atoms. The highest BCUT2D eigenvalue weighted by Gasteiger charge is 2.11. The summed E-state index contributed by atoms with van der Waals surface area (Å²) < 4.78 is 5.10. The third-order valence-electron chi connectivity index (χ3n) is 2.14. The first kappa shape index (κ1) is 8.86. The number of hydrogen-bond acceptors (Lipinski definition) is 2. The van der Waals surface area contributed by atoms with Gasteiger partial charge in [-0.15, -0.1) is 0 Å². The maximum absolute atomic E-state index is 8.77. The van der Waals surface area contributed by atoms with Crippen LogP contribution in [-0.4, -0.2) is 7.11 Å². The van der Waals surface area contributed by atoms with Crippen molar-refractivity contribution in [2.24, 2.45) is 0 Å². The third kappa shape index (κ3) is 1.68. The fraction of sp³-hybridized carbons (Fsp3) is 0.500. The first-order chi connectivity index (χ1) is 5.81. The second-order valence-electron chi connectivity index (χ2n) is 2.81. The van der Waals surface area contributed by atoms with Crippen LogP contribution in [0.4, 0.5) is 0 Å². The highest BCUT2D eigenvalue weighted by atomic mass is 16.5. The lowest BCUT2D eigenvalue weighted by Gasteiger charge is -2.14. The summed E-state index contributed by atoms with van der Waals surface area (Å²) in [7, 11) is 1.62. The zero-order valence-corrected chi connectivity index (χ0v) is 7.55. The summed E-state index contributed by atoms with van der Waals surface area (Å²) in [5, 5.41) is 8.77. The van der Waals surface area contributed by atoms with Gasteiger partial charge < -0.3 is 4.74 Å². The van der Waals surface area contributed by atoms with E-state index in [-0.39, 0.29) is 0 Å². The first-order valence-corrected chi connectivity index (χ1v) is 4.18. The van der Waals surface area contributed by atoms with Gasteiger partial charge in [0.15, 0.2) is 0 Å². The van der Waals surface area contributed by atoms with Gasteiger partial charge in [-0.3, -0.25) is 0 Å². The minimum absolute atomic E-state index is 0.695. The highest BCUT2D eigenvalue weighted by molar-refractivity contribution is 5.40. The summed E-state index contributed by atoms with van der Waals surface area (Å²) in [6, 6.07) is 2.15. The highest BCUT2D eigenvalue weighted by Crippen LogP contribution is 2.25. The van der Waals surface area contributed by atoms with Gasteiger partial charge in [-0.25, -0.2) is 0 Å². The fourth-order valence-corrected chi connectivity index (χ4v) is 1.35. The van der Waals surface area contributed by atoms with Gasteiger partial charge in [-0.05, 0) is 18.9 Å². The quantitative estimate of drug-likeness (QED) is 0.626. The maximum atomic E-state index is 8.77. The van der Waals surface area contributed by atoms with Crippen molar-refractivity contribution >= 4 is 0 Å². The Balaban J connectivity index is 2.91. The molecular weight excluding hydrogens is 150 g/mol. The number of nitrogens with zero attached hydrogens (tertiary/aromatic N) is 1. The normalized spacial score (nSPS) is 16.9. The fourth-order valence-electron chi connectivity index (χ4n) is 1.35. The first-order valence-electron chi connectivity index (χ1n) is 4.18. The van der Waals surface area contributed by atoms with E-state index in [0.29, 0.717) is 5.57 Å². The van der Waals surface area contributed by atoms with Crippen molar-refractivity contribution in [1.29, 1.82) is 5.26 Å². The molecule has 0 atom stereocenters. The summed E-state index contributed by atoms with van der Waals surface area (Å²) in [5.74, 6) is 0.828. The molecule has 0 heterocycles. The van der Waals surface area contributed by atoms with Crippen LogP contribution in [0.25, 0.3) is 0 Å². The van der Waals surface area contributed by atoms with Gasteiger partial charge in [0, 0.05) is 6.42 Å². The van der Waals surface area contributed by atoms with Crippen LogP contribution in [0.2, 0.25) is 0 Å². The topological polar surface area (TPSA) is 33.0 Å². The van der Waals surface area contributed by atoms with Crippen LogP contribution in [-0.2, 0) is 4.74 Å². The van der Waals surface area contributed by atoms with Crippen LogP contribution in [0.1, 0.15) is 26.2 Å². The van der Waals surface area contributed by atoms with Crippen molar-refractivity contribution in [2.45, 2.75) is 26.2 Å². The van der Waals surface area contributed by atoms with Crippen LogP contribution in [0.3, 0.4) is 0 Å². The molecule has 0 N–H and O–H groups in total. The Morgan fingerprint density at radius 2 is 2.33 bits per heavy atom. The molecular formula is C10H13NO. The van der Waals surface area contributed by atoms with E-state index in [4.69, 9.17) is 10.00 Å².